The highest BCUT2D eigenvalue weighted by atomic mass is 16.5. The Morgan fingerprint density at radius 3 is 3.10 bits per heavy atom. The van der Waals surface area contributed by atoms with E-state index in [1.54, 1.807) is 0 Å². The minimum atomic E-state index is 0.310. The van der Waals surface area contributed by atoms with Crippen molar-refractivity contribution >= 4 is 0 Å². The average molecular weight is 137 g/mol. The van der Waals surface area contributed by atoms with Crippen LogP contribution in [-0.4, -0.2) is 12.7 Å². The molecule has 1 aliphatic carbocycles. The van der Waals surface area contributed by atoms with Crippen molar-refractivity contribution in [2.75, 3.05) is 6.61 Å². The first-order valence-corrected chi connectivity index (χ1v) is 3.93. The zero-order chi connectivity index (χ0) is 6.97. The molecule has 3 atom stereocenters. The first-order chi connectivity index (χ1) is 4.92. The van der Waals surface area contributed by atoms with Crippen LogP contribution >= 0.6 is 0 Å². The second kappa shape index (κ2) is 2.25. The highest BCUT2D eigenvalue weighted by Gasteiger charge is 2.43. The third kappa shape index (κ3) is 0.741. The van der Waals surface area contributed by atoms with Crippen molar-refractivity contribution in [2.24, 2.45) is 11.8 Å². The van der Waals surface area contributed by atoms with Crippen molar-refractivity contribution in [3.05, 3.63) is 0 Å². The van der Waals surface area contributed by atoms with Gasteiger partial charge in [0.05, 0.1) is 18.1 Å². The summed E-state index contributed by atoms with van der Waals surface area (Å²) in [6, 6.07) is 2.32. The summed E-state index contributed by atoms with van der Waals surface area (Å²) < 4.78 is 5.46. The number of fused-ring (bicyclic) bond motifs is 1. The molecule has 0 amide bonds. The molecule has 2 fully saturated rings. The summed E-state index contributed by atoms with van der Waals surface area (Å²) >= 11 is 0. The second-order valence-corrected chi connectivity index (χ2v) is 3.19. The summed E-state index contributed by atoms with van der Waals surface area (Å²) in [5, 5.41) is 8.62. The second-order valence-electron chi connectivity index (χ2n) is 3.19. The fourth-order valence-electron chi connectivity index (χ4n) is 1.94. The molecule has 1 saturated carbocycles. The van der Waals surface area contributed by atoms with Crippen LogP contribution in [0.4, 0.5) is 0 Å². The van der Waals surface area contributed by atoms with E-state index in [9.17, 15) is 0 Å². The third-order valence-electron chi connectivity index (χ3n) is 2.66. The van der Waals surface area contributed by atoms with Gasteiger partial charge in [-0.2, -0.15) is 5.26 Å². The molecule has 0 N–H and O–H groups in total. The molecule has 0 aromatic heterocycles. The molecule has 3 unspecified atom stereocenters. The van der Waals surface area contributed by atoms with E-state index < -0.39 is 0 Å². The van der Waals surface area contributed by atoms with Crippen LogP contribution in [0.25, 0.3) is 0 Å². The van der Waals surface area contributed by atoms with Crippen LogP contribution in [0.1, 0.15) is 19.3 Å². The maximum atomic E-state index is 8.62. The number of hydrogen-bond donors (Lipinski definition) is 0. The van der Waals surface area contributed by atoms with Crippen LogP contribution in [0.3, 0.4) is 0 Å². The molecule has 10 heavy (non-hydrogen) atoms. The van der Waals surface area contributed by atoms with Gasteiger partial charge < -0.3 is 4.74 Å². The standard InChI is InChI=1S/C8H11NO/c9-5-6-4-8-7(6)2-1-3-10-8/h6-8H,1-4H2. The maximum Gasteiger partial charge on any atom is 0.0660 e. The van der Waals surface area contributed by atoms with Crippen LogP contribution in [0.15, 0.2) is 0 Å². The van der Waals surface area contributed by atoms with Crippen molar-refractivity contribution < 1.29 is 4.74 Å². The molecule has 0 aromatic rings. The van der Waals surface area contributed by atoms with Crippen molar-refractivity contribution in [1.82, 2.24) is 0 Å². The van der Waals surface area contributed by atoms with Crippen LogP contribution in [-0.2, 0) is 4.74 Å². The van der Waals surface area contributed by atoms with Gasteiger partial charge in [0.15, 0.2) is 0 Å². The van der Waals surface area contributed by atoms with Crippen LogP contribution < -0.4 is 0 Å². The quantitative estimate of drug-likeness (QED) is 0.504. The molecule has 2 heteroatoms. The highest BCUT2D eigenvalue weighted by Crippen LogP contribution is 2.42. The Kier molecular flexibility index (Phi) is 1.39. The van der Waals surface area contributed by atoms with Crippen LogP contribution in [0, 0.1) is 23.2 Å². The van der Waals surface area contributed by atoms with Gasteiger partial charge in [-0.1, -0.05) is 0 Å². The summed E-state index contributed by atoms with van der Waals surface area (Å²) in [5.41, 5.74) is 0. The van der Waals surface area contributed by atoms with Gasteiger partial charge in [0.2, 0.25) is 0 Å². The molecule has 1 heterocycles. The van der Waals surface area contributed by atoms with Gasteiger partial charge in [-0.15, -0.1) is 0 Å². The Bertz CT molecular complexity index is 173. The smallest absolute Gasteiger partial charge is 0.0660 e. The van der Waals surface area contributed by atoms with Crippen LogP contribution in [0.2, 0.25) is 0 Å². The summed E-state index contributed by atoms with van der Waals surface area (Å²) in [7, 11) is 0. The summed E-state index contributed by atoms with van der Waals surface area (Å²) in [5.74, 6) is 0.893. The lowest BCUT2D eigenvalue weighted by Crippen LogP contribution is -2.45. The van der Waals surface area contributed by atoms with Gasteiger partial charge >= 0.3 is 0 Å². The fourth-order valence-corrected chi connectivity index (χ4v) is 1.94. The van der Waals surface area contributed by atoms with Gasteiger partial charge in [0.25, 0.3) is 0 Å². The lowest BCUT2D eigenvalue weighted by atomic mass is 9.68. The van der Waals surface area contributed by atoms with Gasteiger partial charge in [0.1, 0.15) is 0 Å². The van der Waals surface area contributed by atoms with Gasteiger partial charge in [-0.25, -0.2) is 0 Å². The minimum Gasteiger partial charge on any atom is -0.378 e. The number of nitriles is 1. The molecule has 1 saturated heterocycles. The number of ether oxygens (including phenoxy) is 1. The zero-order valence-electron chi connectivity index (χ0n) is 5.92. The van der Waals surface area contributed by atoms with Crippen molar-refractivity contribution in [3.63, 3.8) is 0 Å². The van der Waals surface area contributed by atoms with Crippen molar-refractivity contribution in [2.45, 2.75) is 25.4 Å². The molecule has 2 rings (SSSR count). The Hall–Kier alpha value is -0.550. The number of rotatable bonds is 0. The van der Waals surface area contributed by atoms with Crippen molar-refractivity contribution in [3.8, 4) is 6.07 Å². The summed E-state index contributed by atoms with van der Waals surface area (Å²) in [4.78, 5) is 0. The largest absolute Gasteiger partial charge is 0.378 e. The van der Waals surface area contributed by atoms with Crippen LogP contribution in [0.5, 0.6) is 0 Å². The molecule has 54 valence electrons. The summed E-state index contributed by atoms with van der Waals surface area (Å²) in [6.07, 6.45) is 3.79. The van der Waals surface area contributed by atoms with Crippen molar-refractivity contribution in [1.29, 1.82) is 5.26 Å². The topological polar surface area (TPSA) is 33.0 Å². The van der Waals surface area contributed by atoms with E-state index in [1.165, 1.54) is 6.42 Å². The van der Waals surface area contributed by atoms with E-state index in [-0.39, 0.29) is 0 Å². The van der Waals surface area contributed by atoms with E-state index in [0.29, 0.717) is 17.9 Å². The number of nitrogens with zero attached hydrogens (tertiary/aromatic N) is 1. The first kappa shape index (κ1) is 6.18. The lowest BCUT2D eigenvalue weighted by molar-refractivity contribution is -0.105. The fraction of sp³-hybridized carbons (Fsp3) is 0.875. The van der Waals surface area contributed by atoms with E-state index in [4.69, 9.17) is 10.00 Å². The van der Waals surface area contributed by atoms with Gasteiger partial charge in [-0.3, -0.25) is 0 Å². The SMILES string of the molecule is N#CC1CC2OCCCC12. The molecule has 0 spiro atoms. The van der Waals surface area contributed by atoms with E-state index >= 15 is 0 Å². The number of hydrogen-bond acceptors (Lipinski definition) is 2. The molecule has 2 nitrogen and oxygen atoms in total. The molecular weight excluding hydrogens is 126 g/mol. The van der Waals surface area contributed by atoms with E-state index in [0.717, 1.165) is 19.4 Å². The monoisotopic (exact) mass is 137 g/mol. The Balaban J connectivity index is 1.96. The van der Waals surface area contributed by atoms with E-state index in [1.807, 2.05) is 0 Å². The Labute approximate surface area is 60.8 Å². The highest BCUT2D eigenvalue weighted by molar-refractivity contribution is 5.02. The molecule has 0 aromatic carbocycles. The lowest BCUT2D eigenvalue weighted by Gasteiger charge is -2.43. The summed E-state index contributed by atoms with van der Waals surface area (Å²) in [6.45, 7) is 0.916. The first-order valence-electron chi connectivity index (χ1n) is 3.93. The average Bonchev–Trinajstić information content (AvgIpc) is 1.92. The Morgan fingerprint density at radius 1 is 1.50 bits per heavy atom. The maximum absolute atomic E-state index is 8.62. The zero-order valence-corrected chi connectivity index (χ0v) is 5.92. The third-order valence-corrected chi connectivity index (χ3v) is 2.66. The van der Waals surface area contributed by atoms with E-state index in [2.05, 4.69) is 6.07 Å². The predicted molar refractivity (Wildman–Crippen MR) is 36.2 cm³/mol. The predicted octanol–water partition coefficient (Wildman–Crippen LogP) is 1.33. The molecule has 2 aliphatic rings. The van der Waals surface area contributed by atoms with Gasteiger partial charge in [-0.05, 0) is 19.3 Å². The van der Waals surface area contributed by atoms with Gasteiger partial charge in [0, 0.05) is 12.5 Å². The molecule has 1 aliphatic heterocycles. The molecular formula is C8H11NO. The normalized spacial score (nSPS) is 44.9. The minimum absolute atomic E-state index is 0.310. The molecule has 0 bridgehead atoms. The molecule has 0 radical (unpaired) electrons. The Morgan fingerprint density at radius 2 is 2.40 bits per heavy atom.